The SMILES string of the molecule is C1=C=C[Se][Se][Se]C=1. The third kappa shape index (κ3) is 2.62. The van der Waals surface area contributed by atoms with Crippen LogP contribution in [0.4, 0.5) is 0 Å². The third-order valence-corrected chi connectivity index (χ3v) is 14.3. The molecule has 1 aliphatic heterocycles. The van der Waals surface area contributed by atoms with Crippen molar-refractivity contribution in [3.8, 4) is 0 Å². The quantitative estimate of drug-likeness (QED) is 0.425. The zero-order chi connectivity index (χ0) is 4.95. The maximum absolute atomic E-state index is 2.98. The van der Waals surface area contributed by atoms with E-state index in [0.717, 1.165) is 37.6 Å². The Balaban J connectivity index is 2.71. The minimum absolute atomic E-state index is 0.799. The summed E-state index contributed by atoms with van der Waals surface area (Å²) in [6.45, 7) is 0. The molecule has 7 heavy (non-hydrogen) atoms. The van der Waals surface area contributed by atoms with Gasteiger partial charge in [0.25, 0.3) is 0 Å². The van der Waals surface area contributed by atoms with Gasteiger partial charge in [-0.05, 0) is 0 Å². The Labute approximate surface area is 58.7 Å². The van der Waals surface area contributed by atoms with Crippen molar-refractivity contribution >= 4 is 37.6 Å². The van der Waals surface area contributed by atoms with Crippen LogP contribution in [-0.4, -0.2) is 37.6 Å². The molecule has 0 spiro atoms. The Morgan fingerprint density at radius 1 is 1.00 bits per heavy atom. The molecule has 0 radical (unpaired) electrons. The van der Waals surface area contributed by atoms with Crippen LogP contribution in [0.5, 0.6) is 0 Å². The van der Waals surface area contributed by atoms with E-state index in [0.29, 0.717) is 0 Å². The van der Waals surface area contributed by atoms with E-state index in [1.165, 1.54) is 0 Å². The summed E-state index contributed by atoms with van der Waals surface area (Å²) in [6.07, 6.45) is 0. The van der Waals surface area contributed by atoms with Crippen molar-refractivity contribution in [2.45, 2.75) is 0 Å². The zero-order valence-corrected chi connectivity index (χ0v) is 8.52. The molecular formula is C4H2Se3. The standard InChI is InChI=1S/C4H2Se3/c1-2-4-6-7-5-3-1/h3-4H. The van der Waals surface area contributed by atoms with E-state index in [4.69, 9.17) is 0 Å². The molecule has 0 amide bonds. The van der Waals surface area contributed by atoms with Gasteiger partial charge in [0.05, 0.1) is 0 Å². The molecule has 0 aliphatic carbocycles. The Morgan fingerprint density at radius 2 is 1.57 bits per heavy atom. The summed E-state index contributed by atoms with van der Waals surface area (Å²) in [5.74, 6) is 0. The topological polar surface area (TPSA) is 0 Å². The molecule has 1 heterocycles. The second-order valence-corrected chi connectivity index (χ2v) is 16.3. The number of hydrogen-bond donors (Lipinski definition) is 0. The van der Waals surface area contributed by atoms with Crippen LogP contribution in [0.3, 0.4) is 0 Å². The van der Waals surface area contributed by atoms with Gasteiger partial charge < -0.3 is 0 Å². The van der Waals surface area contributed by atoms with E-state index >= 15 is 0 Å². The molecule has 0 saturated heterocycles. The van der Waals surface area contributed by atoms with Crippen molar-refractivity contribution in [3.63, 3.8) is 0 Å². The van der Waals surface area contributed by atoms with Crippen LogP contribution in [0.2, 0.25) is 0 Å². The fourth-order valence-electron chi connectivity index (χ4n) is 0.178. The van der Waals surface area contributed by atoms with Crippen LogP contribution in [0.1, 0.15) is 0 Å². The first kappa shape index (κ1) is 5.99. The van der Waals surface area contributed by atoms with Gasteiger partial charge in [-0.2, -0.15) is 0 Å². The van der Waals surface area contributed by atoms with Crippen molar-refractivity contribution < 1.29 is 0 Å². The van der Waals surface area contributed by atoms with E-state index in [1.54, 1.807) is 0 Å². The molecule has 0 saturated carbocycles. The Hall–Kier alpha value is 0.858. The molecule has 3 heteroatoms. The predicted octanol–water partition coefficient (Wildman–Crippen LogP) is -0.276. The van der Waals surface area contributed by atoms with E-state index in [2.05, 4.69) is 21.4 Å². The number of hydrogen-bond acceptors (Lipinski definition) is 0. The van der Waals surface area contributed by atoms with Crippen molar-refractivity contribution in [1.82, 2.24) is 0 Å². The van der Waals surface area contributed by atoms with Crippen LogP contribution >= 0.6 is 0 Å². The first-order valence-corrected chi connectivity index (χ1v) is 12.3. The molecule has 0 aromatic rings. The minimum atomic E-state index is 0.799. The normalized spacial score (nSPS) is 17.1. The maximum atomic E-state index is 2.98. The van der Waals surface area contributed by atoms with E-state index in [9.17, 15) is 0 Å². The van der Waals surface area contributed by atoms with Crippen molar-refractivity contribution in [3.05, 3.63) is 21.4 Å². The summed E-state index contributed by atoms with van der Waals surface area (Å²) in [7, 11) is 0. The summed E-state index contributed by atoms with van der Waals surface area (Å²) < 4.78 is 0. The van der Waals surface area contributed by atoms with E-state index in [-0.39, 0.29) is 0 Å². The monoisotopic (exact) mass is 290 g/mol. The van der Waals surface area contributed by atoms with Crippen LogP contribution < -0.4 is 0 Å². The fraction of sp³-hybridized carbons (Fsp3) is 0. The van der Waals surface area contributed by atoms with Crippen LogP contribution in [0.25, 0.3) is 0 Å². The second kappa shape index (κ2) is 3.81. The predicted molar refractivity (Wildman–Crippen MR) is 33.4 cm³/mol. The van der Waals surface area contributed by atoms with E-state index < -0.39 is 0 Å². The average Bonchev–Trinajstić information content (AvgIpc) is 1.90. The number of rotatable bonds is 0. The fourth-order valence-corrected chi connectivity index (χ4v) is 10.3. The Morgan fingerprint density at radius 3 is 2.14 bits per heavy atom. The molecule has 0 bridgehead atoms. The van der Waals surface area contributed by atoms with Gasteiger partial charge in [-0.1, -0.05) is 0 Å². The zero-order valence-electron chi connectivity index (χ0n) is 3.38. The van der Waals surface area contributed by atoms with Crippen molar-refractivity contribution in [2.75, 3.05) is 0 Å². The Kier molecular flexibility index (Phi) is 3.26. The van der Waals surface area contributed by atoms with Crippen LogP contribution in [0, 0.1) is 0 Å². The van der Waals surface area contributed by atoms with Crippen molar-refractivity contribution in [2.24, 2.45) is 0 Å². The average molecular weight is 287 g/mol. The van der Waals surface area contributed by atoms with Gasteiger partial charge in [-0.15, -0.1) is 0 Å². The third-order valence-electron chi connectivity index (χ3n) is 0.376. The molecule has 0 atom stereocenters. The molecule has 0 aromatic heterocycles. The first-order valence-electron chi connectivity index (χ1n) is 1.63. The summed E-state index contributed by atoms with van der Waals surface area (Å²) in [4.78, 5) is 4.27. The van der Waals surface area contributed by atoms with Gasteiger partial charge in [0, 0.05) is 0 Å². The van der Waals surface area contributed by atoms with E-state index in [1.807, 2.05) is 0 Å². The summed E-state index contributed by atoms with van der Waals surface area (Å²) >= 11 is 2.52. The van der Waals surface area contributed by atoms with Gasteiger partial charge in [0.15, 0.2) is 0 Å². The molecule has 0 fully saturated rings. The Bertz CT molecular complexity index is 121. The molecule has 1 aliphatic rings. The van der Waals surface area contributed by atoms with Gasteiger partial charge in [0.2, 0.25) is 0 Å². The molecule has 36 valence electrons. The van der Waals surface area contributed by atoms with Crippen molar-refractivity contribution in [1.29, 1.82) is 0 Å². The van der Waals surface area contributed by atoms with Gasteiger partial charge in [-0.3, -0.25) is 0 Å². The molecule has 0 aromatic carbocycles. The molecular weight excluding hydrogens is 285 g/mol. The van der Waals surface area contributed by atoms with Gasteiger partial charge in [0.1, 0.15) is 0 Å². The van der Waals surface area contributed by atoms with Crippen LogP contribution in [-0.2, 0) is 0 Å². The van der Waals surface area contributed by atoms with Gasteiger partial charge in [-0.25, -0.2) is 0 Å². The summed E-state index contributed by atoms with van der Waals surface area (Å²) in [6, 6.07) is 0. The van der Waals surface area contributed by atoms with Crippen LogP contribution in [0.15, 0.2) is 21.4 Å². The first-order chi connectivity index (χ1) is 3.50. The molecule has 0 nitrogen and oxygen atoms in total. The molecule has 0 N–H and O–H groups in total. The summed E-state index contributed by atoms with van der Waals surface area (Å²) in [5.41, 5.74) is 5.95. The molecule has 1 rings (SSSR count). The summed E-state index contributed by atoms with van der Waals surface area (Å²) in [5, 5.41) is 0. The molecule has 0 unspecified atom stereocenters. The van der Waals surface area contributed by atoms with Gasteiger partial charge >= 0.3 is 59.0 Å². The second-order valence-electron chi connectivity index (χ2n) is 0.785.